The third-order valence-corrected chi connectivity index (χ3v) is 3.93. The van der Waals surface area contributed by atoms with Gasteiger partial charge in [0.05, 0.1) is 4.90 Å². The van der Waals surface area contributed by atoms with E-state index in [0.717, 1.165) is 5.56 Å². The molecule has 19 heavy (non-hydrogen) atoms. The van der Waals surface area contributed by atoms with E-state index in [-0.39, 0.29) is 12.5 Å². The predicted molar refractivity (Wildman–Crippen MR) is 72.7 cm³/mol. The third kappa shape index (κ3) is 5.85. The Kier molecular flexibility index (Phi) is 5.50. The zero-order valence-corrected chi connectivity index (χ0v) is 11.9. The van der Waals surface area contributed by atoms with Crippen LogP contribution in [0.1, 0.15) is 25.3 Å². The maximum absolute atomic E-state index is 11.3. The minimum Gasteiger partial charge on any atom is -0.481 e. The van der Waals surface area contributed by atoms with Crippen LogP contribution in [0.2, 0.25) is 0 Å². The Balaban J connectivity index is 2.48. The molecular formula is C13H19NO4S. The van der Waals surface area contributed by atoms with E-state index in [2.05, 4.69) is 5.32 Å². The van der Waals surface area contributed by atoms with E-state index in [4.69, 9.17) is 5.11 Å². The van der Waals surface area contributed by atoms with Crippen LogP contribution in [0.15, 0.2) is 29.2 Å². The summed E-state index contributed by atoms with van der Waals surface area (Å²) in [7, 11) is -3.15. The number of aliphatic carboxylic acids is 1. The van der Waals surface area contributed by atoms with Gasteiger partial charge in [-0.3, -0.25) is 4.79 Å². The van der Waals surface area contributed by atoms with Gasteiger partial charge in [0.2, 0.25) is 0 Å². The molecule has 0 radical (unpaired) electrons. The zero-order valence-electron chi connectivity index (χ0n) is 11.1. The molecule has 2 N–H and O–H groups in total. The average Bonchev–Trinajstić information content (AvgIpc) is 2.33. The van der Waals surface area contributed by atoms with Crippen molar-refractivity contribution >= 4 is 15.8 Å². The van der Waals surface area contributed by atoms with E-state index in [0.29, 0.717) is 17.9 Å². The van der Waals surface area contributed by atoms with Crippen molar-refractivity contribution in [3.05, 3.63) is 29.8 Å². The van der Waals surface area contributed by atoms with Crippen LogP contribution in [0.4, 0.5) is 0 Å². The zero-order chi connectivity index (χ0) is 14.5. The first kappa shape index (κ1) is 15.7. The van der Waals surface area contributed by atoms with Gasteiger partial charge in [-0.2, -0.15) is 0 Å². The van der Waals surface area contributed by atoms with Crippen molar-refractivity contribution in [2.75, 3.05) is 6.26 Å². The van der Waals surface area contributed by atoms with Crippen LogP contribution in [-0.4, -0.2) is 31.8 Å². The molecule has 1 rings (SSSR count). The second-order valence-corrected chi connectivity index (χ2v) is 6.65. The summed E-state index contributed by atoms with van der Waals surface area (Å²) in [5.74, 6) is -0.800. The molecule has 0 heterocycles. The summed E-state index contributed by atoms with van der Waals surface area (Å²) in [4.78, 5) is 10.7. The molecule has 1 atom stereocenters. The molecule has 1 unspecified atom stereocenters. The number of carbonyl (C=O) groups is 1. The Morgan fingerprint density at radius 3 is 2.37 bits per heavy atom. The van der Waals surface area contributed by atoms with Gasteiger partial charge in [-0.25, -0.2) is 8.42 Å². The van der Waals surface area contributed by atoms with Crippen LogP contribution < -0.4 is 5.32 Å². The van der Waals surface area contributed by atoms with Gasteiger partial charge in [-0.1, -0.05) is 12.1 Å². The van der Waals surface area contributed by atoms with Gasteiger partial charge in [0, 0.05) is 25.3 Å². The van der Waals surface area contributed by atoms with Crippen molar-refractivity contribution in [3.8, 4) is 0 Å². The van der Waals surface area contributed by atoms with E-state index in [1.807, 2.05) is 6.92 Å². The van der Waals surface area contributed by atoms with E-state index in [1.165, 1.54) is 6.26 Å². The molecule has 0 aliphatic heterocycles. The van der Waals surface area contributed by atoms with Crippen molar-refractivity contribution in [1.82, 2.24) is 5.32 Å². The molecule has 0 aliphatic rings. The maximum atomic E-state index is 11.3. The summed E-state index contributed by atoms with van der Waals surface area (Å²) in [5, 5.41) is 11.8. The van der Waals surface area contributed by atoms with E-state index >= 15 is 0 Å². The molecule has 0 aromatic heterocycles. The first-order valence-corrected chi connectivity index (χ1v) is 7.92. The minimum absolute atomic E-state index is 0.102. The highest BCUT2D eigenvalue weighted by atomic mass is 32.2. The van der Waals surface area contributed by atoms with Crippen molar-refractivity contribution in [1.29, 1.82) is 0 Å². The number of sulfone groups is 1. The van der Waals surface area contributed by atoms with Crippen molar-refractivity contribution in [2.45, 2.75) is 37.2 Å². The van der Waals surface area contributed by atoms with Crippen LogP contribution in [0.5, 0.6) is 0 Å². The van der Waals surface area contributed by atoms with Crippen molar-refractivity contribution < 1.29 is 18.3 Å². The Morgan fingerprint density at radius 2 is 1.89 bits per heavy atom. The van der Waals surface area contributed by atoms with Gasteiger partial charge in [-0.15, -0.1) is 0 Å². The van der Waals surface area contributed by atoms with Crippen molar-refractivity contribution in [2.24, 2.45) is 0 Å². The number of hydrogen-bond donors (Lipinski definition) is 2. The molecule has 0 aliphatic carbocycles. The lowest BCUT2D eigenvalue weighted by molar-refractivity contribution is -0.137. The Hall–Kier alpha value is -1.40. The van der Waals surface area contributed by atoms with Gasteiger partial charge in [0.1, 0.15) is 0 Å². The summed E-state index contributed by atoms with van der Waals surface area (Å²) in [6.45, 7) is 2.51. The number of hydrogen-bond acceptors (Lipinski definition) is 4. The second kappa shape index (κ2) is 6.68. The standard InChI is InChI=1S/C13H19NO4S/c1-10(3-8-13(15)16)14-9-11-4-6-12(7-5-11)19(2,17)18/h4-7,10,14H,3,8-9H2,1-2H3,(H,15,16). The summed E-state index contributed by atoms with van der Waals surface area (Å²) in [6, 6.07) is 6.77. The number of carboxylic acid groups (broad SMARTS) is 1. The molecular weight excluding hydrogens is 266 g/mol. The molecule has 6 heteroatoms. The molecule has 1 aromatic carbocycles. The van der Waals surface area contributed by atoms with Gasteiger partial charge in [-0.05, 0) is 31.0 Å². The van der Waals surface area contributed by atoms with Crippen LogP contribution in [0.3, 0.4) is 0 Å². The normalized spacial score (nSPS) is 13.2. The first-order chi connectivity index (χ1) is 8.79. The second-order valence-electron chi connectivity index (χ2n) is 4.63. The summed E-state index contributed by atoms with van der Waals surface area (Å²) in [5.41, 5.74) is 0.967. The lowest BCUT2D eigenvalue weighted by atomic mass is 10.1. The van der Waals surface area contributed by atoms with E-state index in [9.17, 15) is 13.2 Å². The van der Waals surface area contributed by atoms with E-state index < -0.39 is 15.8 Å². The first-order valence-electron chi connectivity index (χ1n) is 6.03. The number of rotatable bonds is 7. The van der Waals surface area contributed by atoms with E-state index in [1.54, 1.807) is 24.3 Å². The molecule has 1 aromatic rings. The van der Waals surface area contributed by atoms with Crippen LogP contribution >= 0.6 is 0 Å². The van der Waals surface area contributed by atoms with Gasteiger partial charge in [0.25, 0.3) is 0 Å². The van der Waals surface area contributed by atoms with Crippen LogP contribution in [-0.2, 0) is 21.2 Å². The van der Waals surface area contributed by atoms with Gasteiger partial charge >= 0.3 is 5.97 Å². The molecule has 0 saturated carbocycles. The van der Waals surface area contributed by atoms with Gasteiger partial charge in [0.15, 0.2) is 9.84 Å². The highest BCUT2D eigenvalue weighted by molar-refractivity contribution is 7.90. The fourth-order valence-electron chi connectivity index (χ4n) is 1.59. The van der Waals surface area contributed by atoms with Crippen LogP contribution in [0.25, 0.3) is 0 Å². The fraction of sp³-hybridized carbons (Fsp3) is 0.462. The SMILES string of the molecule is CC(CCC(=O)O)NCc1ccc(S(C)(=O)=O)cc1. The van der Waals surface area contributed by atoms with Crippen LogP contribution in [0, 0.1) is 0 Å². The summed E-state index contributed by atoms with van der Waals surface area (Å²) < 4.78 is 22.6. The highest BCUT2D eigenvalue weighted by Crippen LogP contribution is 2.10. The quantitative estimate of drug-likeness (QED) is 0.792. The topological polar surface area (TPSA) is 83.5 Å². The lowest BCUT2D eigenvalue weighted by Gasteiger charge is -2.12. The lowest BCUT2D eigenvalue weighted by Crippen LogP contribution is -2.26. The number of carboxylic acids is 1. The Bertz CT molecular complexity index is 522. The monoisotopic (exact) mass is 285 g/mol. The predicted octanol–water partition coefficient (Wildman–Crippen LogP) is 1.43. The summed E-state index contributed by atoms with van der Waals surface area (Å²) >= 11 is 0. The largest absolute Gasteiger partial charge is 0.481 e. The molecule has 5 nitrogen and oxygen atoms in total. The molecule has 0 amide bonds. The Morgan fingerprint density at radius 1 is 1.32 bits per heavy atom. The van der Waals surface area contributed by atoms with Crippen molar-refractivity contribution in [3.63, 3.8) is 0 Å². The fourth-order valence-corrected chi connectivity index (χ4v) is 2.22. The van der Waals surface area contributed by atoms with Gasteiger partial charge < -0.3 is 10.4 Å². The number of benzene rings is 1. The molecule has 0 fully saturated rings. The molecule has 0 spiro atoms. The smallest absolute Gasteiger partial charge is 0.303 e. The Labute approximate surface area is 113 Å². The molecule has 0 saturated heterocycles. The minimum atomic E-state index is -3.15. The average molecular weight is 285 g/mol. The molecule has 0 bridgehead atoms. The molecule has 106 valence electrons. The maximum Gasteiger partial charge on any atom is 0.303 e. The third-order valence-electron chi connectivity index (χ3n) is 2.80. The summed E-state index contributed by atoms with van der Waals surface area (Å²) in [6.07, 6.45) is 1.88. The highest BCUT2D eigenvalue weighted by Gasteiger charge is 2.07. The number of nitrogens with one attached hydrogen (secondary N) is 1.